The summed E-state index contributed by atoms with van der Waals surface area (Å²) in [5.41, 5.74) is 3.19. The van der Waals surface area contributed by atoms with Crippen molar-refractivity contribution in [3.05, 3.63) is 54.5 Å². The molecular weight excluding hydrogens is 426 g/mol. The van der Waals surface area contributed by atoms with Gasteiger partial charge in [-0.2, -0.15) is 10.4 Å². The summed E-state index contributed by atoms with van der Waals surface area (Å²) in [5.74, 6) is 1.08. The second kappa shape index (κ2) is 10.0. The van der Waals surface area contributed by atoms with Gasteiger partial charge in [0.2, 0.25) is 5.95 Å². The van der Waals surface area contributed by atoms with Crippen LogP contribution in [0.2, 0.25) is 0 Å². The first kappa shape index (κ1) is 22.1. The van der Waals surface area contributed by atoms with E-state index in [1.807, 2.05) is 52.3 Å². The summed E-state index contributed by atoms with van der Waals surface area (Å²) in [4.78, 5) is 23.5. The van der Waals surface area contributed by atoms with E-state index < -0.39 is 0 Å². The summed E-state index contributed by atoms with van der Waals surface area (Å²) in [6.45, 7) is 1.68. The van der Waals surface area contributed by atoms with Crippen LogP contribution in [0.3, 0.4) is 0 Å². The third-order valence-electron chi connectivity index (χ3n) is 6.92. The van der Waals surface area contributed by atoms with Gasteiger partial charge in [0.15, 0.2) is 0 Å². The van der Waals surface area contributed by atoms with Crippen molar-refractivity contribution < 1.29 is 4.79 Å². The molecule has 174 valence electrons. The molecule has 8 nitrogen and oxygen atoms in total. The van der Waals surface area contributed by atoms with Crippen LogP contribution in [0, 0.1) is 17.2 Å². The average Bonchev–Trinajstić information content (AvgIpc) is 3.66. The Hall–Kier alpha value is -3.73. The Morgan fingerprint density at radius 2 is 1.88 bits per heavy atom. The number of benzene rings is 1. The molecule has 1 saturated carbocycles. The van der Waals surface area contributed by atoms with Crippen molar-refractivity contribution in [2.75, 3.05) is 18.4 Å². The van der Waals surface area contributed by atoms with Gasteiger partial charge in [0, 0.05) is 42.3 Å². The van der Waals surface area contributed by atoms with E-state index in [0.29, 0.717) is 23.9 Å². The lowest BCUT2D eigenvalue weighted by Gasteiger charge is -2.21. The number of aromatic nitrogens is 4. The fraction of sp³-hybridized carbons (Fsp3) is 0.423. The standard InChI is InChI=1S/C26H29N7O/c27-13-11-24(19-5-1-2-6-19)33-18-21(17-29-33)23-12-14-28-26(31-23)30-22-9-7-20(8-10-22)25(34)32-15-3-4-16-32/h7-10,12,14,17-19,24H,1-6,11,15-16H2,(H,28,30,31). The molecule has 1 N–H and O–H groups in total. The van der Waals surface area contributed by atoms with E-state index in [0.717, 1.165) is 55.7 Å². The Morgan fingerprint density at radius 1 is 1.12 bits per heavy atom. The van der Waals surface area contributed by atoms with Crippen LogP contribution in [0.1, 0.15) is 61.3 Å². The molecule has 2 aliphatic rings. The molecular formula is C26H29N7O. The molecule has 0 spiro atoms. The highest BCUT2D eigenvalue weighted by atomic mass is 16.2. The molecule has 1 unspecified atom stereocenters. The van der Waals surface area contributed by atoms with E-state index in [1.165, 1.54) is 12.8 Å². The van der Waals surface area contributed by atoms with Crippen molar-refractivity contribution in [2.24, 2.45) is 5.92 Å². The largest absolute Gasteiger partial charge is 0.339 e. The van der Waals surface area contributed by atoms with Gasteiger partial charge in [-0.3, -0.25) is 9.48 Å². The smallest absolute Gasteiger partial charge is 0.253 e. The monoisotopic (exact) mass is 455 g/mol. The number of amides is 1. The maximum atomic E-state index is 12.5. The zero-order valence-corrected chi connectivity index (χ0v) is 19.2. The van der Waals surface area contributed by atoms with Crippen LogP contribution < -0.4 is 5.32 Å². The van der Waals surface area contributed by atoms with Crippen molar-refractivity contribution >= 4 is 17.5 Å². The summed E-state index contributed by atoms with van der Waals surface area (Å²) in [5, 5.41) is 17.1. The fourth-order valence-corrected chi connectivity index (χ4v) is 5.07. The molecule has 1 amide bonds. The minimum Gasteiger partial charge on any atom is -0.339 e. The van der Waals surface area contributed by atoms with Crippen molar-refractivity contribution in [2.45, 2.75) is 51.0 Å². The number of nitriles is 1. The van der Waals surface area contributed by atoms with Crippen LogP contribution in [-0.2, 0) is 0 Å². The number of hydrogen-bond donors (Lipinski definition) is 1. The predicted molar refractivity (Wildman–Crippen MR) is 129 cm³/mol. The first-order valence-corrected chi connectivity index (χ1v) is 12.1. The lowest BCUT2D eigenvalue weighted by Crippen LogP contribution is -2.27. The van der Waals surface area contributed by atoms with Gasteiger partial charge in [0.25, 0.3) is 5.91 Å². The molecule has 3 heterocycles. The number of likely N-dealkylation sites (tertiary alicyclic amines) is 1. The highest BCUT2D eigenvalue weighted by Gasteiger charge is 2.27. The highest BCUT2D eigenvalue weighted by Crippen LogP contribution is 2.36. The molecule has 8 heteroatoms. The van der Waals surface area contributed by atoms with E-state index in [-0.39, 0.29) is 11.9 Å². The minimum absolute atomic E-state index is 0.0895. The first-order chi connectivity index (χ1) is 16.7. The molecule has 3 aromatic rings. The van der Waals surface area contributed by atoms with E-state index >= 15 is 0 Å². The van der Waals surface area contributed by atoms with Gasteiger partial charge < -0.3 is 10.2 Å². The number of nitrogens with zero attached hydrogens (tertiary/aromatic N) is 6. The number of anilines is 2. The zero-order chi connectivity index (χ0) is 23.3. The predicted octanol–water partition coefficient (Wildman–Crippen LogP) is 4.96. The molecule has 2 aromatic heterocycles. The van der Waals surface area contributed by atoms with E-state index in [4.69, 9.17) is 0 Å². The molecule has 1 aromatic carbocycles. The second-order valence-electron chi connectivity index (χ2n) is 9.15. The van der Waals surface area contributed by atoms with E-state index in [9.17, 15) is 10.1 Å². The van der Waals surface area contributed by atoms with Crippen molar-refractivity contribution in [1.82, 2.24) is 24.6 Å². The van der Waals surface area contributed by atoms with Crippen LogP contribution in [0.5, 0.6) is 0 Å². The molecule has 0 radical (unpaired) electrons. The quantitative estimate of drug-likeness (QED) is 0.540. The first-order valence-electron chi connectivity index (χ1n) is 12.1. The molecule has 1 aliphatic carbocycles. The van der Waals surface area contributed by atoms with Gasteiger partial charge in [-0.05, 0) is 61.9 Å². The summed E-state index contributed by atoms with van der Waals surface area (Å²) < 4.78 is 1.94. The SMILES string of the molecule is N#CCC(C1CCCC1)n1cc(-c2ccnc(Nc3ccc(C(=O)N4CCCC4)cc3)n2)cn1. The molecule has 5 rings (SSSR count). The Bertz CT molecular complexity index is 1170. The van der Waals surface area contributed by atoms with Crippen LogP contribution in [0.25, 0.3) is 11.3 Å². The third-order valence-corrected chi connectivity index (χ3v) is 6.92. The third kappa shape index (κ3) is 4.79. The Balaban J connectivity index is 1.28. The van der Waals surface area contributed by atoms with Crippen LogP contribution in [0.4, 0.5) is 11.6 Å². The normalized spacial score (nSPS) is 17.0. The molecule has 1 aliphatic heterocycles. The van der Waals surface area contributed by atoms with Crippen molar-refractivity contribution in [3.8, 4) is 17.3 Å². The fourth-order valence-electron chi connectivity index (χ4n) is 5.07. The van der Waals surface area contributed by atoms with Gasteiger partial charge in [-0.1, -0.05) is 12.8 Å². The van der Waals surface area contributed by atoms with Crippen molar-refractivity contribution in [1.29, 1.82) is 5.26 Å². The van der Waals surface area contributed by atoms with Gasteiger partial charge in [-0.15, -0.1) is 0 Å². The Labute approximate surface area is 199 Å². The zero-order valence-electron chi connectivity index (χ0n) is 19.2. The number of carbonyl (C=O) groups is 1. The molecule has 1 atom stereocenters. The van der Waals surface area contributed by atoms with E-state index in [2.05, 4.69) is 26.5 Å². The van der Waals surface area contributed by atoms with Gasteiger partial charge in [0.05, 0.1) is 30.4 Å². The minimum atomic E-state index is 0.0895. The number of hydrogen-bond acceptors (Lipinski definition) is 6. The summed E-state index contributed by atoms with van der Waals surface area (Å²) >= 11 is 0. The highest BCUT2D eigenvalue weighted by molar-refractivity contribution is 5.94. The molecule has 34 heavy (non-hydrogen) atoms. The van der Waals surface area contributed by atoms with Crippen LogP contribution in [-0.4, -0.2) is 43.6 Å². The van der Waals surface area contributed by atoms with Crippen LogP contribution in [0.15, 0.2) is 48.9 Å². The molecule has 1 saturated heterocycles. The topological polar surface area (TPSA) is 99.7 Å². The van der Waals surface area contributed by atoms with Gasteiger partial charge >= 0.3 is 0 Å². The Kier molecular flexibility index (Phi) is 6.52. The number of nitrogens with one attached hydrogen (secondary N) is 1. The lowest BCUT2D eigenvalue weighted by atomic mass is 9.96. The Morgan fingerprint density at radius 3 is 2.62 bits per heavy atom. The molecule has 0 bridgehead atoms. The summed E-state index contributed by atoms with van der Waals surface area (Å²) in [7, 11) is 0. The van der Waals surface area contributed by atoms with E-state index in [1.54, 1.807) is 6.20 Å². The summed E-state index contributed by atoms with van der Waals surface area (Å²) in [6.07, 6.45) is 12.9. The average molecular weight is 456 g/mol. The van der Waals surface area contributed by atoms with Crippen molar-refractivity contribution in [3.63, 3.8) is 0 Å². The number of carbonyl (C=O) groups excluding carboxylic acids is 1. The maximum Gasteiger partial charge on any atom is 0.253 e. The lowest BCUT2D eigenvalue weighted by molar-refractivity contribution is 0.0793. The second-order valence-corrected chi connectivity index (χ2v) is 9.15. The van der Waals surface area contributed by atoms with Gasteiger partial charge in [0.1, 0.15) is 0 Å². The van der Waals surface area contributed by atoms with Gasteiger partial charge in [-0.25, -0.2) is 9.97 Å². The van der Waals surface area contributed by atoms with Crippen LogP contribution >= 0.6 is 0 Å². The summed E-state index contributed by atoms with van der Waals surface area (Å²) in [6, 6.07) is 11.8. The maximum absolute atomic E-state index is 12.5. The molecule has 2 fully saturated rings. The number of rotatable bonds is 7.